The molecule has 1 aliphatic heterocycles. The molecular formula is C23H24N2O2. The summed E-state index contributed by atoms with van der Waals surface area (Å²) in [5, 5.41) is 15.6. The number of carbonyl (C=O) groups is 1. The summed E-state index contributed by atoms with van der Waals surface area (Å²) in [6.45, 7) is 2.42. The molecule has 27 heavy (non-hydrogen) atoms. The molecule has 1 aliphatic rings. The number of aromatic hydroxyl groups is 1. The van der Waals surface area contributed by atoms with E-state index in [1.165, 1.54) is 0 Å². The van der Waals surface area contributed by atoms with Crippen LogP contribution in [-0.4, -0.2) is 29.0 Å². The molecule has 4 nitrogen and oxygen atoms in total. The molecule has 1 fully saturated rings. The number of amides is 1. The number of fused-ring (bicyclic) bond motifs is 1. The molecule has 2 N–H and O–H groups in total. The van der Waals surface area contributed by atoms with Crippen molar-refractivity contribution in [3.05, 3.63) is 72.3 Å². The highest BCUT2D eigenvalue weighted by atomic mass is 16.3. The zero-order chi connectivity index (χ0) is 18.6. The van der Waals surface area contributed by atoms with Gasteiger partial charge < -0.3 is 10.4 Å². The maximum atomic E-state index is 12.5. The lowest BCUT2D eigenvalue weighted by molar-refractivity contribution is -0.121. The van der Waals surface area contributed by atoms with Crippen LogP contribution in [0.5, 0.6) is 5.75 Å². The van der Waals surface area contributed by atoms with Crippen molar-refractivity contribution in [2.75, 3.05) is 18.4 Å². The van der Waals surface area contributed by atoms with Gasteiger partial charge in [0.15, 0.2) is 0 Å². The van der Waals surface area contributed by atoms with Crippen molar-refractivity contribution in [1.82, 2.24) is 4.90 Å². The summed E-state index contributed by atoms with van der Waals surface area (Å²) in [4.78, 5) is 14.8. The van der Waals surface area contributed by atoms with Crippen LogP contribution in [0.4, 0.5) is 5.69 Å². The number of rotatable bonds is 4. The minimum atomic E-state index is 0.0440. The summed E-state index contributed by atoms with van der Waals surface area (Å²) >= 11 is 0. The smallest absolute Gasteiger partial charge is 0.227 e. The number of para-hydroxylation sites is 1. The molecule has 0 unspecified atom stereocenters. The lowest BCUT2D eigenvalue weighted by Gasteiger charge is -2.31. The first-order valence-electron chi connectivity index (χ1n) is 9.48. The first-order chi connectivity index (χ1) is 13.2. The Morgan fingerprint density at radius 2 is 1.67 bits per heavy atom. The molecule has 3 aromatic rings. The van der Waals surface area contributed by atoms with Crippen molar-refractivity contribution >= 4 is 22.4 Å². The lowest BCUT2D eigenvalue weighted by Crippen LogP contribution is -2.37. The van der Waals surface area contributed by atoms with E-state index < -0.39 is 0 Å². The van der Waals surface area contributed by atoms with E-state index in [-0.39, 0.29) is 11.8 Å². The van der Waals surface area contributed by atoms with Gasteiger partial charge in [0.25, 0.3) is 0 Å². The predicted molar refractivity (Wildman–Crippen MR) is 109 cm³/mol. The van der Waals surface area contributed by atoms with Gasteiger partial charge in [-0.15, -0.1) is 0 Å². The van der Waals surface area contributed by atoms with Crippen LogP contribution in [0.2, 0.25) is 0 Å². The molecule has 0 bridgehead atoms. The molecule has 1 amide bonds. The quantitative estimate of drug-likeness (QED) is 0.725. The van der Waals surface area contributed by atoms with Gasteiger partial charge in [0.2, 0.25) is 5.91 Å². The highest BCUT2D eigenvalue weighted by Crippen LogP contribution is 2.30. The van der Waals surface area contributed by atoms with Gasteiger partial charge in [0, 0.05) is 23.7 Å². The third-order valence-corrected chi connectivity index (χ3v) is 5.40. The fraction of sp³-hybridized carbons (Fsp3) is 0.261. The summed E-state index contributed by atoms with van der Waals surface area (Å²) in [7, 11) is 0. The Balaban J connectivity index is 1.39. The van der Waals surface area contributed by atoms with Gasteiger partial charge in [-0.25, -0.2) is 0 Å². The Morgan fingerprint density at radius 3 is 2.44 bits per heavy atom. The van der Waals surface area contributed by atoms with E-state index in [0.29, 0.717) is 12.3 Å². The number of benzene rings is 3. The normalized spacial score (nSPS) is 15.7. The second-order valence-electron chi connectivity index (χ2n) is 7.19. The third kappa shape index (κ3) is 3.96. The van der Waals surface area contributed by atoms with Crippen LogP contribution >= 0.6 is 0 Å². The highest BCUT2D eigenvalue weighted by molar-refractivity contribution is 5.92. The fourth-order valence-corrected chi connectivity index (χ4v) is 3.83. The number of nitrogens with zero attached hydrogens (tertiary/aromatic N) is 1. The number of phenols is 1. The number of piperidine rings is 1. The zero-order valence-electron chi connectivity index (χ0n) is 15.3. The standard InChI is InChI=1S/C23H24N2O2/c26-22-11-10-17-6-4-5-9-20(17)21(22)16-25-14-12-18(13-15-25)23(27)24-19-7-2-1-3-8-19/h1-11,18,26H,12-16H2,(H,24,27). The van der Waals surface area contributed by atoms with E-state index in [1.54, 1.807) is 6.07 Å². The van der Waals surface area contributed by atoms with Gasteiger partial charge in [-0.1, -0.05) is 48.5 Å². The maximum absolute atomic E-state index is 12.5. The van der Waals surface area contributed by atoms with Gasteiger partial charge in [-0.05, 0) is 54.9 Å². The first kappa shape index (κ1) is 17.6. The molecule has 0 aromatic heterocycles. The third-order valence-electron chi connectivity index (χ3n) is 5.40. The van der Waals surface area contributed by atoms with E-state index in [4.69, 9.17) is 0 Å². The minimum absolute atomic E-state index is 0.0440. The van der Waals surface area contributed by atoms with E-state index in [0.717, 1.165) is 48.0 Å². The molecule has 4 heteroatoms. The van der Waals surface area contributed by atoms with Crippen LogP contribution in [0.25, 0.3) is 10.8 Å². The van der Waals surface area contributed by atoms with Gasteiger partial charge in [0.05, 0.1) is 0 Å². The van der Waals surface area contributed by atoms with Crippen LogP contribution in [0.1, 0.15) is 18.4 Å². The molecule has 3 aromatic carbocycles. The molecule has 0 radical (unpaired) electrons. The maximum Gasteiger partial charge on any atom is 0.227 e. The van der Waals surface area contributed by atoms with Crippen LogP contribution in [0, 0.1) is 5.92 Å². The minimum Gasteiger partial charge on any atom is -0.508 e. The Hall–Kier alpha value is -2.85. The van der Waals surface area contributed by atoms with E-state index in [2.05, 4.69) is 22.3 Å². The van der Waals surface area contributed by atoms with Crippen molar-refractivity contribution in [2.24, 2.45) is 5.92 Å². The Bertz CT molecular complexity index is 932. The molecule has 0 saturated carbocycles. The van der Waals surface area contributed by atoms with Crippen molar-refractivity contribution in [2.45, 2.75) is 19.4 Å². The lowest BCUT2D eigenvalue weighted by atomic mass is 9.94. The SMILES string of the molecule is O=C(Nc1ccccc1)C1CCN(Cc2c(O)ccc3ccccc23)CC1. The number of phenolic OH excluding ortho intramolecular Hbond substituents is 1. The summed E-state index contributed by atoms with van der Waals surface area (Å²) in [5.41, 5.74) is 1.82. The van der Waals surface area contributed by atoms with Gasteiger partial charge in [0.1, 0.15) is 5.75 Å². The van der Waals surface area contributed by atoms with Crippen molar-refractivity contribution in [1.29, 1.82) is 0 Å². The number of carbonyl (C=O) groups excluding carboxylic acids is 1. The van der Waals surface area contributed by atoms with Crippen LogP contribution in [0.3, 0.4) is 0 Å². The molecule has 0 spiro atoms. The fourth-order valence-electron chi connectivity index (χ4n) is 3.83. The van der Waals surface area contributed by atoms with E-state index in [9.17, 15) is 9.90 Å². The summed E-state index contributed by atoms with van der Waals surface area (Å²) in [5.74, 6) is 0.495. The molecule has 138 valence electrons. The van der Waals surface area contributed by atoms with Crippen LogP contribution in [-0.2, 0) is 11.3 Å². The summed E-state index contributed by atoms with van der Waals surface area (Å²) in [6.07, 6.45) is 1.67. The van der Waals surface area contributed by atoms with Crippen LogP contribution < -0.4 is 5.32 Å². The van der Waals surface area contributed by atoms with Crippen molar-refractivity contribution < 1.29 is 9.90 Å². The molecule has 1 saturated heterocycles. The number of hydrogen-bond acceptors (Lipinski definition) is 3. The summed E-state index contributed by atoms with van der Waals surface area (Å²) in [6, 6.07) is 21.5. The second-order valence-corrected chi connectivity index (χ2v) is 7.19. The number of nitrogens with one attached hydrogen (secondary N) is 1. The Labute approximate surface area is 159 Å². The van der Waals surface area contributed by atoms with Gasteiger partial charge >= 0.3 is 0 Å². The topological polar surface area (TPSA) is 52.6 Å². The highest BCUT2D eigenvalue weighted by Gasteiger charge is 2.25. The molecular weight excluding hydrogens is 336 g/mol. The molecule has 1 heterocycles. The van der Waals surface area contributed by atoms with Crippen LogP contribution in [0.15, 0.2) is 66.7 Å². The van der Waals surface area contributed by atoms with E-state index >= 15 is 0 Å². The van der Waals surface area contributed by atoms with Crippen molar-refractivity contribution in [3.8, 4) is 5.75 Å². The van der Waals surface area contributed by atoms with Gasteiger partial charge in [-0.3, -0.25) is 9.69 Å². The summed E-state index contributed by atoms with van der Waals surface area (Å²) < 4.78 is 0. The largest absolute Gasteiger partial charge is 0.508 e. The Kier molecular flexibility index (Phi) is 5.07. The number of anilines is 1. The number of likely N-dealkylation sites (tertiary alicyclic amines) is 1. The second kappa shape index (κ2) is 7.80. The molecule has 4 rings (SSSR count). The average molecular weight is 360 g/mol. The van der Waals surface area contributed by atoms with E-state index in [1.807, 2.05) is 48.5 Å². The average Bonchev–Trinajstić information content (AvgIpc) is 2.71. The number of hydrogen-bond donors (Lipinski definition) is 2. The molecule has 0 aliphatic carbocycles. The predicted octanol–water partition coefficient (Wildman–Crippen LogP) is 4.40. The molecule has 0 atom stereocenters. The zero-order valence-corrected chi connectivity index (χ0v) is 15.3. The van der Waals surface area contributed by atoms with Gasteiger partial charge in [-0.2, -0.15) is 0 Å². The van der Waals surface area contributed by atoms with Crippen molar-refractivity contribution in [3.63, 3.8) is 0 Å². The monoisotopic (exact) mass is 360 g/mol. The Morgan fingerprint density at radius 1 is 0.963 bits per heavy atom. The first-order valence-corrected chi connectivity index (χ1v) is 9.48.